The summed E-state index contributed by atoms with van der Waals surface area (Å²) in [7, 11) is 0. The minimum Gasteiger partial charge on any atom is -0.337 e. The van der Waals surface area contributed by atoms with Crippen molar-refractivity contribution >= 4 is 28.9 Å². The Balaban J connectivity index is 0.000000275. The predicted molar refractivity (Wildman–Crippen MR) is 148 cm³/mol. The fourth-order valence-electron chi connectivity index (χ4n) is 4.97. The molecule has 0 saturated heterocycles. The average Bonchev–Trinajstić information content (AvgIpc) is 3.31. The highest BCUT2D eigenvalue weighted by atomic mass is 16.1. The molecule has 2 aliphatic rings. The van der Waals surface area contributed by atoms with Crippen LogP contribution in [0.3, 0.4) is 0 Å². The van der Waals surface area contributed by atoms with Crippen molar-refractivity contribution in [2.45, 2.75) is 85.5 Å². The van der Waals surface area contributed by atoms with E-state index in [0.29, 0.717) is 0 Å². The highest BCUT2D eigenvalue weighted by molar-refractivity contribution is 5.92. The number of carbonyl (C=O) groups excluding carboxylic acids is 2. The third-order valence-electron chi connectivity index (χ3n) is 7.45. The monoisotopic (exact) mass is 490 g/mol. The Labute approximate surface area is 215 Å². The van der Waals surface area contributed by atoms with E-state index in [1.54, 1.807) is 6.20 Å². The maximum atomic E-state index is 12.3. The number of pyridine rings is 1. The van der Waals surface area contributed by atoms with E-state index in [9.17, 15) is 4.79 Å². The Morgan fingerprint density at radius 3 is 2.14 bits per heavy atom. The van der Waals surface area contributed by atoms with Gasteiger partial charge in [0.25, 0.3) is 0 Å². The Morgan fingerprint density at radius 1 is 0.972 bits per heavy atom. The molecule has 1 amide bonds. The van der Waals surface area contributed by atoms with Gasteiger partial charge in [-0.1, -0.05) is 58.8 Å². The van der Waals surface area contributed by atoms with E-state index in [1.165, 1.54) is 39.0 Å². The standard InChI is InChI=1S/C20H22N4O.C8H16.C2H4O/c1-13-11-17-18(12-21-13)24-19(23-17)14-7-9-16(10-8-14)22-20(25)15-5-3-2-4-6-15;1-7-5-3-4-6-8(7)2;1-2-3/h7-12,15H,2-6H2,1H3,(H,22,25)(H,23,24);7-8H,3-6H2,1-2H3;2H,1H3. The molecule has 3 aromatic rings. The number of nitrogens with zero attached hydrogens (tertiary/aromatic N) is 2. The van der Waals surface area contributed by atoms with Gasteiger partial charge in [-0.3, -0.25) is 9.78 Å². The predicted octanol–water partition coefficient (Wildman–Crippen LogP) is 7.49. The molecule has 2 saturated carbocycles. The van der Waals surface area contributed by atoms with Crippen molar-refractivity contribution in [1.82, 2.24) is 15.0 Å². The number of nitrogens with one attached hydrogen (secondary N) is 2. The summed E-state index contributed by atoms with van der Waals surface area (Å²) in [6.45, 7) is 8.16. The summed E-state index contributed by atoms with van der Waals surface area (Å²) < 4.78 is 0. The highest BCUT2D eigenvalue weighted by Gasteiger charge is 2.21. The number of carbonyl (C=O) groups is 2. The lowest BCUT2D eigenvalue weighted by atomic mass is 9.82. The number of aryl methyl sites for hydroxylation is 1. The van der Waals surface area contributed by atoms with E-state index >= 15 is 0 Å². The topological polar surface area (TPSA) is 87.7 Å². The largest absolute Gasteiger partial charge is 0.337 e. The summed E-state index contributed by atoms with van der Waals surface area (Å²) in [6, 6.07) is 9.80. The maximum Gasteiger partial charge on any atom is 0.227 e. The van der Waals surface area contributed by atoms with Gasteiger partial charge in [-0.05, 0) is 68.9 Å². The molecule has 2 fully saturated rings. The molecule has 2 unspecified atom stereocenters. The number of aromatic nitrogens is 3. The molecule has 0 spiro atoms. The van der Waals surface area contributed by atoms with E-state index in [1.807, 2.05) is 37.3 Å². The van der Waals surface area contributed by atoms with Crippen molar-refractivity contribution < 1.29 is 9.59 Å². The molecule has 6 nitrogen and oxygen atoms in total. The van der Waals surface area contributed by atoms with Gasteiger partial charge >= 0.3 is 0 Å². The number of aromatic amines is 1. The molecule has 2 heterocycles. The second-order valence-electron chi connectivity index (χ2n) is 10.3. The Morgan fingerprint density at radius 2 is 1.56 bits per heavy atom. The van der Waals surface area contributed by atoms with Crippen molar-refractivity contribution in [2.24, 2.45) is 17.8 Å². The second kappa shape index (κ2) is 13.9. The quantitative estimate of drug-likeness (QED) is 0.372. The number of hydrogen-bond acceptors (Lipinski definition) is 4. The first-order chi connectivity index (χ1) is 17.4. The molecule has 1 aromatic carbocycles. The van der Waals surface area contributed by atoms with E-state index in [2.05, 4.69) is 34.1 Å². The molecule has 194 valence electrons. The van der Waals surface area contributed by atoms with Gasteiger partial charge in [-0.2, -0.15) is 0 Å². The van der Waals surface area contributed by atoms with Crippen LogP contribution < -0.4 is 5.32 Å². The normalized spacial score (nSPS) is 19.9. The Kier molecular flexibility index (Phi) is 10.6. The molecule has 0 bridgehead atoms. The summed E-state index contributed by atoms with van der Waals surface area (Å²) in [5.74, 6) is 3.14. The molecule has 2 atom stereocenters. The number of H-pyrrole nitrogens is 1. The van der Waals surface area contributed by atoms with E-state index in [0.717, 1.165) is 77.6 Å². The third kappa shape index (κ3) is 8.00. The van der Waals surface area contributed by atoms with Gasteiger partial charge in [0.05, 0.1) is 17.2 Å². The molecule has 2 aromatic heterocycles. The molecular formula is C30H42N4O2. The Hall–Kier alpha value is -3.02. The molecular weight excluding hydrogens is 448 g/mol. The van der Waals surface area contributed by atoms with E-state index < -0.39 is 0 Å². The summed E-state index contributed by atoms with van der Waals surface area (Å²) in [4.78, 5) is 33.3. The minimum absolute atomic E-state index is 0.151. The smallest absolute Gasteiger partial charge is 0.227 e. The van der Waals surface area contributed by atoms with Gasteiger partial charge in [0.15, 0.2) is 0 Å². The van der Waals surface area contributed by atoms with Crippen LogP contribution in [0, 0.1) is 24.7 Å². The van der Waals surface area contributed by atoms with Gasteiger partial charge in [0.1, 0.15) is 12.1 Å². The van der Waals surface area contributed by atoms with Crippen molar-refractivity contribution in [3.8, 4) is 11.4 Å². The van der Waals surface area contributed by atoms with Crippen LogP contribution >= 0.6 is 0 Å². The van der Waals surface area contributed by atoms with Crippen LogP contribution in [0.1, 0.15) is 84.3 Å². The second-order valence-corrected chi connectivity index (χ2v) is 10.3. The lowest BCUT2D eigenvalue weighted by Crippen LogP contribution is -2.24. The molecule has 6 heteroatoms. The molecule has 0 aliphatic heterocycles. The van der Waals surface area contributed by atoms with Gasteiger partial charge < -0.3 is 15.1 Å². The zero-order chi connectivity index (χ0) is 25.9. The van der Waals surface area contributed by atoms with Crippen molar-refractivity contribution in [1.29, 1.82) is 0 Å². The first kappa shape index (κ1) is 27.6. The van der Waals surface area contributed by atoms with Crippen LogP contribution in [0.15, 0.2) is 36.5 Å². The number of hydrogen-bond donors (Lipinski definition) is 2. The number of rotatable bonds is 3. The lowest BCUT2D eigenvalue weighted by molar-refractivity contribution is -0.120. The molecule has 2 N–H and O–H groups in total. The fraction of sp³-hybridized carbons (Fsp3) is 0.533. The van der Waals surface area contributed by atoms with Gasteiger partial charge in [0, 0.05) is 22.9 Å². The summed E-state index contributed by atoms with van der Waals surface area (Å²) in [6.07, 6.45) is 14.1. The number of benzene rings is 1. The third-order valence-corrected chi connectivity index (χ3v) is 7.45. The maximum absolute atomic E-state index is 12.3. The van der Waals surface area contributed by atoms with Crippen molar-refractivity contribution in [2.75, 3.05) is 5.32 Å². The Bertz CT molecular complexity index is 1090. The molecule has 0 radical (unpaired) electrons. The van der Waals surface area contributed by atoms with E-state index in [-0.39, 0.29) is 11.8 Å². The first-order valence-electron chi connectivity index (χ1n) is 13.5. The summed E-state index contributed by atoms with van der Waals surface area (Å²) in [5, 5.41) is 3.04. The molecule has 36 heavy (non-hydrogen) atoms. The number of imidazole rings is 1. The van der Waals surface area contributed by atoms with Crippen LogP contribution in [0.4, 0.5) is 5.69 Å². The number of anilines is 1. The van der Waals surface area contributed by atoms with Gasteiger partial charge in [0.2, 0.25) is 5.91 Å². The number of amides is 1. The van der Waals surface area contributed by atoms with Gasteiger partial charge in [-0.25, -0.2) is 4.98 Å². The van der Waals surface area contributed by atoms with Crippen LogP contribution in [-0.4, -0.2) is 27.1 Å². The van der Waals surface area contributed by atoms with Crippen LogP contribution in [0.5, 0.6) is 0 Å². The van der Waals surface area contributed by atoms with Crippen molar-refractivity contribution in [3.63, 3.8) is 0 Å². The van der Waals surface area contributed by atoms with E-state index in [4.69, 9.17) is 4.79 Å². The van der Waals surface area contributed by atoms with Crippen LogP contribution in [-0.2, 0) is 9.59 Å². The van der Waals surface area contributed by atoms with Crippen LogP contribution in [0.2, 0.25) is 0 Å². The SMILES string of the molecule is CC1CCCCC1C.CC=O.Cc1cc2nc(-c3ccc(NC(=O)C4CCCCC4)cc3)[nH]c2cn1. The molecule has 2 aliphatic carbocycles. The summed E-state index contributed by atoms with van der Waals surface area (Å²) in [5.41, 5.74) is 4.62. The zero-order valence-electron chi connectivity index (χ0n) is 22.3. The summed E-state index contributed by atoms with van der Waals surface area (Å²) >= 11 is 0. The van der Waals surface area contributed by atoms with Crippen molar-refractivity contribution in [3.05, 3.63) is 42.2 Å². The number of aldehydes is 1. The highest BCUT2D eigenvalue weighted by Crippen LogP contribution is 2.28. The van der Waals surface area contributed by atoms with Gasteiger partial charge in [-0.15, -0.1) is 0 Å². The molecule has 5 rings (SSSR count). The zero-order valence-corrected chi connectivity index (χ0v) is 22.3. The minimum atomic E-state index is 0.151. The lowest BCUT2D eigenvalue weighted by Gasteiger charge is -2.24. The van der Waals surface area contributed by atoms with Crippen LogP contribution in [0.25, 0.3) is 22.4 Å². The number of fused-ring (bicyclic) bond motifs is 1. The average molecular weight is 491 g/mol. The fourth-order valence-corrected chi connectivity index (χ4v) is 4.97. The first-order valence-corrected chi connectivity index (χ1v) is 13.5.